The molecular weight excluding hydrogens is 340 g/mol. The lowest BCUT2D eigenvalue weighted by molar-refractivity contribution is -0.118. The van der Waals surface area contributed by atoms with Gasteiger partial charge in [-0.1, -0.05) is 42.5 Å². The van der Waals surface area contributed by atoms with Gasteiger partial charge in [-0.25, -0.2) is 0 Å². The summed E-state index contributed by atoms with van der Waals surface area (Å²) in [7, 11) is 1.62. The minimum Gasteiger partial charge on any atom is -0.495 e. The molecule has 5 nitrogen and oxygen atoms in total. The van der Waals surface area contributed by atoms with Crippen LogP contribution in [0.15, 0.2) is 72.8 Å². The van der Waals surface area contributed by atoms with Crippen LogP contribution >= 0.6 is 0 Å². The summed E-state index contributed by atoms with van der Waals surface area (Å²) in [5.41, 5.74) is 3.24. The molecule has 0 atom stereocenters. The number of carbonyl (C=O) groups is 1. The molecular formula is C22H22N2O3. The first-order valence-corrected chi connectivity index (χ1v) is 8.64. The SMILES string of the molecule is COc1ccccc1Nc1ccccc1NC(=O)COc1ccccc1C. The molecule has 0 bridgehead atoms. The van der Waals surface area contributed by atoms with Crippen LogP contribution in [0.3, 0.4) is 0 Å². The van der Waals surface area contributed by atoms with Crippen LogP contribution in [0.1, 0.15) is 5.56 Å². The van der Waals surface area contributed by atoms with Gasteiger partial charge in [0.15, 0.2) is 6.61 Å². The number of amides is 1. The van der Waals surface area contributed by atoms with Crippen molar-refractivity contribution in [1.82, 2.24) is 0 Å². The molecule has 3 rings (SSSR count). The predicted molar refractivity (Wildman–Crippen MR) is 108 cm³/mol. The number of aryl methyl sites for hydroxylation is 1. The molecule has 0 aliphatic carbocycles. The maximum Gasteiger partial charge on any atom is 0.262 e. The highest BCUT2D eigenvalue weighted by atomic mass is 16.5. The fraction of sp³-hybridized carbons (Fsp3) is 0.136. The highest BCUT2D eigenvalue weighted by Gasteiger charge is 2.10. The average molecular weight is 362 g/mol. The Balaban J connectivity index is 1.68. The number of ether oxygens (including phenoxy) is 2. The molecule has 0 saturated carbocycles. The monoisotopic (exact) mass is 362 g/mol. The van der Waals surface area contributed by atoms with Gasteiger partial charge in [-0.2, -0.15) is 0 Å². The molecule has 138 valence electrons. The number of anilines is 3. The van der Waals surface area contributed by atoms with Crippen molar-refractivity contribution in [1.29, 1.82) is 0 Å². The number of hydrogen-bond donors (Lipinski definition) is 2. The fourth-order valence-electron chi connectivity index (χ4n) is 2.64. The van der Waals surface area contributed by atoms with Crippen molar-refractivity contribution in [3.8, 4) is 11.5 Å². The van der Waals surface area contributed by atoms with E-state index in [9.17, 15) is 4.79 Å². The van der Waals surface area contributed by atoms with Crippen molar-refractivity contribution >= 4 is 23.0 Å². The summed E-state index contributed by atoms with van der Waals surface area (Å²) >= 11 is 0. The third kappa shape index (κ3) is 4.79. The van der Waals surface area contributed by atoms with E-state index in [0.717, 1.165) is 22.7 Å². The zero-order valence-electron chi connectivity index (χ0n) is 15.4. The molecule has 0 aliphatic rings. The quantitative estimate of drug-likeness (QED) is 0.636. The molecule has 2 N–H and O–H groups in total. The number of nitrogens with one attached hydrogen (secondary N) is 2. The van der Waals surface area contributed by atoms with Gasteiger partial charge >= 0.3 is 0 Å². The van der Waals surface area contributed by atoms with Gasteiger partial charge in [-0.3, -0.25) is 4.79 Å². The minimum atomic E-state index is -0.229. The Bertz CT molecular complexity index is 925. The third-order valence-corrected chi connectivity index (χ3v) is 4.03. The van der Waals surface area contributed by atoms with E-state index in [4.69, 9.17) is 9.47 Å². The molecule has 0 fully saturated rings. The van der Waals surface area contributed by atoms with E-state index in [1.54, 1.807) is 7.11 Å². The maximum atomic E-state index is 12.3. The van der Waals surface area contributed by atoms with E-state index in [1.165, 1.54) is 0 Å². The molecule has 0 unspecified atom stereocenters. The summed E-state index contributed by atoms with van der Waals surface area (Å²) < 4.78 is 11.0. The average Bonchev–Trinajstić information content (AvgIpc) is 2.69. The lowest BCUT2D eigenvalue weighted by atomic mass is 10.2. The second-order valence-electron chi connectivity index (χ2n) is 5.97. The van der Waals surface area contributed by atoms with Gasteiger partial charge in [0.1, 0.15) is 11.5 Å². The Morgan fingerprint density at radius 1 is 0.815 bits per heavy atom. The van der Waals surface area contributed by atoms with Crippen molar-refractivity contribution in [2.24, 2.45) is 0 Å². The van der Waals surface area contributed by atoms with Crippen LogP contribution in [0.5, 0.6) is 11.5 Å². The summed E-state index contributed by atoms with van der Waals surface area (Å²) in [6.45, 7) is 1.88. The molecule has 0 spiro atoms. The molecule has 27 heavy (non-hydrogen) atoms. The number of carbonyl (C=O) groups excluding carboxylic acids is 1. The Labute approximate surface area is 158 Å². The van der Waals surface area contributed by atoms with Gasteiger partial charge in [0.2, 0.25) is 0 Å². The van der Waals surface area contributed by atoms with Crippen molar-refractivity contribution in [3.63, 3.8) is 0 Å². The van der Waals surface area contributed by atoms with Crippen molar-refractivity contribution in [2.75, 3.05) is 24.4 Å². The van der Waals surface area contributed by atoms with Gasteiger partial charge in [0, 0.05) is 0 Å². The van der Waals surface area contributed by atoms with Gasteiger partial charge in [-0.05, 0) is 42.8 Å². The Kier molecular flexibility index (Phi) is 5.94. The van der Waals surface area contributed by atoms with Gasteiger partial charge in [0.05, 0.1) is 24.2 Å². The minimum absolute atomic E-state index is 0.0617. The zero-order valence-corrected chi connectivity index (χ0v) is 15.4. The molecule has 5 heteroatoms. The van der Waals surface area contributed by atoms with Crippen LogP contribution in [-0.2, 0) is 4.79 Å². The molecule has 3 aromatic rings. The second-order valence-corrected chi connectivity index (χ2v) is 5.97. The van der Waals surface area contributed by atoms with Crippen molar-refractivity contribution in [3.05, 3.63) is 78.4 Å². The topological polar surface area (TPSA) is 59.6 Å². The Morgan fingerprint density at radius 2 is 1.41 bits per heavy atom. The third-order valence-electron chi connectivity index (χ3n) is 4.03. The van der Waals surface area contributed by atoms with Gasteiger partial charge in [-0.15, -0.1) is 0 Å². The van der Waals surface area contributed by atoms with E-state index in [0.29, 0.717) is 11.4 Å². The molecule has 0 aromatic heterocycles. The van der Waals surface area contributed by atoms with Crippen LogP contribution in [0.2, 0.25) is 0 Å². The van der Waals surface area contributed by atoms with E-state index in [1.807, 2.05) is 79.7 Å². The maximum absolute atomic E-state index is 12.3. The van der Waals surface area contributed by atoms with E-state index >= 15 is 0 Å². The predicted octanol–water partition coefficient (Wildman–Crippen LogP) is 4.76. The zero-order chi connectivity index (χ0) is 19.1. The van der Waals surface area contributed by atoms with Gasteiger partial charge in [0.25, 0.3) is 5.91 Å². The lowest BCUT2D eigenvalue weighted by Gasteiger charge is -2.15. The first-order valence-electron chi connectivity index (χ1n) is 8.64. The molecule has 3 aromatic carbocycles. The van der Waals surface area contributed by atoms with Crippen LogP contribution in [0.25, 0.3) is 0 Å². The van der Waals surface area contributed by atoms with Gasteiger partial charge < -0.3 is 20.1 Å². The summed E-state index contributed by atoms with van der Waals surface area (Å²) in [5.74, 6) is 1.20. The second kappa shape index (κ2) is 8.76. The van der Waals surface area contributed by atoms with Crippen molar-refractivity contribution in [2.45, 2.75) is 6.92 Å². The fourth-order valence-corrected chi connectivity index (χ4v) is 2.64. The largest absolute Gasteiger partial charge is 0.495 e. The standard InChI is InChI=1S/C22H22N2O3/c1-16-9-3-7-13-20(16)27-15-22(25)24-18-11-5-4-10-17(18)23-19-12-6-8-14-21(19)26-2/h3-14,23H,15H2,1-2H3,(H,24,25). The summed E-state index contributed by atoms with van der Waals surface area (Å²) in [6.07, 6.45) is 0. The normalized spacial score (nSPS) is 10.1. The summed E-state index contributed by atoms with van der Waals surface area (Å²) in [4.78, 5) is 12.3. The first kappa shape index (κ1) is 18.3. The van der Waals surface area contributed by atoms with Crippen LogP contribution in [-0.4, -0.2) is 19.6 Å². The molecule has 1 amide bonds. The number of hydrogen-bond acceptors (Lipinski definition) is 4. The van der Waals surface area contributed by atoms with E-state index in [2.05, 4.69) is 10.6 Å². The Morgan fingerprint density at radius 3 is 2.11 bits per heavy atom. The number of benzene rings is 3. The Hall–Kier alpha value is -3.47. The van der Waals surface area contributed by atoms with Crippen LogP contribution in [0, 0.1) is 6.92 Å². The van der Waals surface area contributed by atoms with Crippen molar-refractivity contribution < 1.29 is 14.3 Å². The molecule has 0 saturated heterocycles. The molecule has 0 aliphatic heterocycles. The van der Waals surface area contributed by atoms with Crippen LogP contribution < -0.4 is 20.1 Å². The number of methoxy groups -OCH3 is 1. The molecule has 0 heterocycles. The summed E-state index contributed by atoms with van der Waals surface area (Å²) in [5, 5.41) is 6.19. The smallest absolute Gasteiger partial charge is 0.262 e. The summed E-state index contributed by atoms with van der Waals surface area (Å²) in [6, 6.07) is 22.7. The highest BCUT2D eigenvalue weighted by Crippen LogP contribution is 2.30. The van der Waals surface area contributed by atoms with E-state index in [-0.39, 0.29) is 12.5 Å². The van der Waals surface area contributed by atoms with Crippen LogP contribution in [0.4, 0.5) is 17.1 Å². The highest BCUT2D eigenvalue weighted by molar-refractivity contribution is 5.96. The molecule has 0 radical (unpaired) electrons. The van der Waals surface area contributed by atoms with E-state index < -0.39 is 0 Å². The number of rotatable bonds is 7. The lowest BCUT2D eigenvalue weighted by Crippen LogP contribution is -2.21. The number of para-hydroxylation sites is 5. The first-order chi connectivity index (χ1) is 13.2.